The van der Waals surface area contributed by atoms with E-state index in [1.807, 2.05) is 19.0 Å². The van der Waals surface area contributed by atoms with Crippen LogP contribution in [0.3, 0.4) is 0 Å². The third kappa shape index (κ3) is 4.70. The Kier molecular flexibility index (Phi) is 7.37. The van der Waals surface area contributed by atoms with Gasteiger partial charge in [0.1, 0.15) is 5.76 Å². The number of furan rings is 1. The second-order valence-corrected chi connectivity index (χ2v) is 7.62. The third-order valence-corrected chi connectivity index (χ3v) is 5.24. The molecule has 1 aliphatic rings. The van der Waals surface area contributed by atoms with E-state index in [0.29, 0.717) is 35.8 Å². The van der Waals surface area contributed by atoms with Crippen molar-refractivity contribution < 1.29 is 28.6 Å². The number of ketones is 1. The Hall–Kier alpha value is -3.52. The van der Waals surface area contributed by atoms with Gasteiger partial charge in [-0.15, -0.1) is 0 Å². The van der Waals surface area contributed by atoms with Crippen molar-refractivity contribution in [1.82, 2.24) is 9.80 Å². The number of aliphatic hydroxyl groups excluding tert-OH is 1. The second-order valence-electron chi connectivity index (χ2n) is 7.62. The summed E-state index contributed by atoms with van der Waals surface area (Å²) in [5.74, 6) is -0.277. The highest BCUT2D eigenvalue weighted by Gasteiger charge is 2.44. The molecule has 1 unspecified atom stereocenters. The zero-order valence-electron chi connectivity index (χ0n) is 18.7. The molecular weight excluding hydrogens is 412 g/mol. The number of amides is 1. The molecule has 3 rings (SSSR count). The fourth-order valence-electron chi connectivity index (χ4n) is 3.78. The Bertz CT molecular complexity index is 1020. The van der Waals surface area contributed by atoms with E-state index < -0.39 is 23.5 Å². The van der Waals surface area contributed by atoms with E-state index >= 15 is 0 Å². The van der Waals surface area contributed by atoms with Gasteiger partial charge in [-0.1, -0.05) is 12.1 Å². The lowest BCUT2D eigenvalue weighted by atomic mass is 9.94. The molecule has 8 nitrogen and oxygen atoms in total. The van der Waals surface area contributed by atoms with E-state index in [4.69, 9.17) is 13.9 Å². The molecule has 0 saturated carbocycles. The van der Waals surface area contributed by atoms with Crippen LogP contribution >= 0.6 is 0 Å². The van der Waals surface area contributed by atoms with Gasteiger partial charge in [0.15, 0.2) is 23.0 Å². The van der Waals surface area contributed by atoms with E-state index in [1.165, 1.54) is 37.5 Å². The summed E-state index contributed by atoms with van der Waals surface area (Å²) in [4.78, 5) is 29.7. The van der Waals surface area contributed by atoms with Gasteiger partial charge in [0.05, 0.1) is 32.1 Å². The lowest BCUT2D eigenvalue weighted by Crippen LogP contribution is -2.33. The zero-order valence-corrected chi connectivity index (χ0v) is 18.7. The Balaban J connectivity index is 2.05. The largest absolute Gasteiger partial charge is 0.503 e. The van der Waals surface area contributed by atoms with Crippen molar-refractivity contribution in [2.45, 2.75) is 12.5 Å². The number of aliphatic hydroxyl groups is 1. The van der Waals surface area contributed by atoms with Crippen LogP contribution in [0.4, 0.5) is 0 Å². The molecule has 2 heterocycles. The van der Waals surface area contributed by atoms with Gasteiger partial charge >= 0.3 is 0 Å². The molecule has 1 aromatic heterocycles. The molecule has 1 atom stereocenters. The Morgan fingerprint density at radius 1 is 1.22 bits per heavy atom. The highest BCUT2D eigenvalue weighted by Crippen LogP contribution is 2.44. The summed E-state index contributed by atoms with van der Waals surface area (Å²) < 4.78 is 16.2. The summed E-state index contributed by atoms with van der Waals surface area (Å²) in [5.41, 5.74) is 0.554. The summed E-state index contributed by atoms with van der Waals surface area (Å²) in [6, 6.07) is 7.85. The van der Waals surface area contributed by atoms with Crippen LogP contribution in [0.2, 0.25) is 0 Å². The van der Waals surface area contributed by atoms with Crippen molar-refractivity contribution in [1.29, 1.82) is 0 Å². The van der Waals surface area contributed by atoms with Crippen molar-refractivity contribution >= 4 is 17.8 Å². The van der Waals surface area contributed by atoms with Crippen LogP contribution in [0.15, 0.2) is 58.4 Å². The van der Waals surface area contributed by atoms with Crippen molar-refractivity contribution in [3.8, 4) is 11.5 Å². The number of hydrogen-bond donors (Lipinski definition) is 1. The molecule has 170 valence electrons. The zero-order chi connectivity index (χ0) is 23.3. The maximum atomic E-state index is 13.2. The predicted octanol–water partition coefficient (Wildman–Crippen LogP) is 3.23. The van der Waals surface area contributed by atoms with Gasteiger partial charge in [0.2, 0.25) is 0 Å². The molecule has 0 spiro atoms. The number of ether oxygens (including phenoxy) is 2. The van der Waals surface area contributed by atoms with Gasteiger partial charge in [-0.05, 0) is 57.4 Å². The summed E-state index contributed by atoms with van der Waals surface area (Å²) in [6.45, 7) is 1.10. The summed E-state index contributed by atoms with van der Waals surface area (Å²) in [5, 5.41) is 10.7. The average molecular weight is 440 g/mol. The average Bonchev–Trinajstić information content (AvgIpc) is 3.38. The summed E-state index contributed by atoms with van der Waals surface area (Å²) >= 11 is 0. The smallest absolute Gasteiger partial charge is 0.290 e. The first-order chi connectivity index (χ1) is 15.4. The number of allylic oxidation sites excluding steroid dienone is 1. The van der Waals surface area contributed by atoms with E-state index in [1.54, 1.807) is 30.3 Å². The van der Waals surface area contributed by atoms with Crippen LogP contribution in [-0.4, -0.2) is 68.0 Å². The number of carbonyl (C=O) groups is 2. The normalized spacial score (nSPS) is 16.5. The minimum absolute atomic E-state index is 0.00536. The molecule has 0 fully saturated rings. The van der Waals surface area contributed by atoms with Crippen LogP contribution in [-0.2, 0) is 9.59 Å². The van der Waals surface area contributed by atoms with Crippen molar-refractivity contribution in [3.05, 3.63) is 65.3 Å². The number of para-hydroxylation sites is 1. The number of nitrogens with zero attached hydrogens (tertiary/aromatic N) is 2. The van der Waals surface area contributed by atoms with Crippen LogP contribution < -0.4 is 9.47 Å². The number of rotatable bonds is 10. The number of hydrogen-bond acceptors (Lipinski definition) is 7. The first-order valence-electron chi connectivity index (χ1n) is 10.2. The second kappa shape index (κ2) is 10.2. The van der Waals surface area contributed by atoms with E-state index in [2.05, 4.69) is 0 Å². The van der Waals surface area contributed by atoms with Crippen molar-refractivity contribution in [2.75, 3.05) is 41.4 Å². The minimum Gasteiger partial charge on any atom is -0.503 e. The fraction of sp³-hybridized carbons (Fsp3) is 0.333. The molecule has 0 bridgehead atoms. The van der Waals surface area contributed by atoms with Gasteiger partial charge in [-0.3, -0.25) is 9.59 Å². The molecule has 32 heavy (non-hydrogen) atoms. The molecule has 1 N–H and O–H groups in total. The van der Waals surface area contributed by atoms with E-state index in [0.717, 1.165) is 6.54 Å². The predicted molar refractivity (Wildman–Crippen MR) is 120 cm³/mol. The fourth-order valence-corrected chi connectivity index (χ4v) is 3.78. The Morgan fingerprint density at radius 3 is 2.62 bits per heavy atom. The Morgan fingerprint density at radius 2 is 2.00 bits per heavy atom. The van der Waals surface area contributed by atoms with Gasteiger partial charge in [-0.2, -0.15) is 0 Å². The standard InChI is InChI=1S/C24H28N2O6/c1-25(2)13-7-14-26-21(17-9-5-10-19(30-3)23(17)31-4)20(22(28)24(26)29)18(27)12-11-16-8-6-15-32-16/h5-6,8-12,15,21,28H,7,13-14H2,1-4H3/b12-11+. The summed E-state index contributed by atoms with van der Waals surface area (Å²) in [6.07, 6.45) is 4.96. The molecule has 1 amide bonds. The van der Waals surface area contributed by atoms with Gasteiger partial charge in [0.25, 0.3) is 5.91 Å². The van der Waals surface area contributed by atoms with Crippen LogP contribution in [0.1, 0.15) is 23.8 Å². The monoisotopic (exact) mass is 440 g/mol. The van der Waals surface area contributed by atoms with Crippen molar-refractivity contribution in [2.24, 2.45) is 0 Å². The molecule has 8 heteroatoms. The lowest BCUT2D eigenvalue weighted by Gasteiger charge is -2.28. The highest BCUT2D eigenvalue weighted by atomic mass is 16.5. The molecule has 0 saturated heterocycles. The number of carbonyl (C=O) groups excluding carboxylic acids is 2. The van der Waals surface area contributed by atoms with Gasteiger partial charge < -0.3 is 28.8 Å². The van der Waals surface area contributed by atoms with Crippen LogP contribution in [0.25, 0.3) is 6.08 Å². The Labute approximate surface area is 187 Å². The molecule has 1 aromatic carbocycles. The first-order valence-corrected chi connectivity index (χ1v) is 10.2. The molecular formula is C24H28N2O6. The summed E-state index contributed by atoms with van der Waals surface area (Å²) in [7, 11) is 6.90. The third-order valence-electron chi connectivity index (χ3n) is 5.24. The first kappa shape index (κ1) is 23.1. The van der Waals surface area contributed by atoms with Gasteiger partial charge in [-0.25, -0.2) is 0 Å². The number of methoxy groups -OCH3 is 2. The highest BCUT2D eigenvalue weighted by molar-refractivity contribution is 6.14. The van der Waals surface area contributed by atoms with Crippen LogP contribution in [0, 0.1) is 0 Å². The van der Waals surface area contributed by atoms with Gasteiger partial charge in [0, 0.05) is 12.1 Å². The quantitative estimate of drug-likeness (QED) is 0.567. The molecule has 2 aromatic rings. The maximum absolute atomic E-state index is 13.2. The van der Waals surface area contributed by atoms with E-state index in [-0.39, 0.29) is 5.57 Å². The maximum Gasteiger partial charge on any atom is 0.290 e. The molecule has 1 aliphatic heterocycles. The molecule has 0 radical (unpaired) electrons. The number of benzene rings is 1. The van der Waals surface area contributed by atoms with E-state index in [9.17, 15) is 14.7 Å². The topological polar surface area (TPSA) is 92.5 Å². The van der Waals surface area contributed by atoms with Crippen molar-refractivity contribution in [3.63, 3.8) is 0 Å². The minimum atomic E-state index is -0.816. The molecule has 0 aliphatic carbocycles. The van der Waals surface area contributed by atoms with Crippen LogP contribution in [0.5, 0.6) is 11.5 Å². The SMILES string of the molecule is COc1cccc(C2C(C(=O)/C=C/c3ccco3)=C(O)C(=O)N2CCCN(C)C)c1OC. The lowest BCUT2D eigenvalue weighted by molar-refractivity contribution is -0.129.